The summed E-state index contributed by atoms with van der Waals surface area (Å²) in [6.07, 6.45) is 0. The number of hydrogen-bond donors (Lipinski definition) is 7. The molecule has 1 saturated heterocycles. The van der Waals surface area contributed by atoms with Gasteiger partial charge in [-0.25, -0.2) is 14.4 Å². The average molecular weight is 768 g/mol. The number of carbonyl (C=O) groups is 3. The van der Waals surface area contributed by atoms with Crippen molar-refractivity contribution < 1.29 is 68.6 Å². The van der Waals surface area contributed by atoms with Gasteiger partial charge in [0, 0.05) is 0 Å². The molecule has 0 spiro atoms. The topological polar surface area (TPSA) is 230 Å². The third kappa shape index (κ3) is 13.9. The van der Waals surface area contributed by atoms with Crippen LogP contribution in [0, 0.1) is 20.8 Å². The maximum atomic E-state index is 11.6. The summed E-state index contributed by atoms with van der Waals surface area (Å²) in [6, 6.07) is 14.2. The highest BCUT2D eigenvalue weighted by molar-refractivity contribution is 6.62. The van der Waals surface area contributed by atoms with Crippen LogP contribution in [0.5, 0.6) is 0 Å². The molecule has 1 aliphatic rings. The molecule has 0 amide bonds. The van der Waals surface area contributed by atoms with Crippen molar-refractivity contribution in [2.75, 3.05) is 14.2 Å². The zero-order valence-electron chi connectivity index (χ0n) is 33.9. The molecule has 14 nitrogen and oxygen atoms in total. The van der Waals surface area contributed by atoms with E-state index in [1.807, 2.05) is 40.7 Å². The maximum absolute atomic E-state index is 11.6. The molecule has 1 fully saturated rings. The van der Waals surface area contributed by atoms with E-state index in [2.05, 4.69) is 4.74 Å². The molecule has 0 aliphatic carbocycles. The SMILES string of the molecule is CC(C)(O)C(C)(C)O.COC(=O)c1ccc(C)c(B(O)O)c1.COC(=O)c1ccc(C)c(B2OC(C)(C)C(C)(C)O2)c1.Cc1ccc(C(=O)O)cc1B(O)O. The third-order valence-corrected chi connectivity index (χ3v) is 9.49. The number of carboxylic acid groups (broad SMARTS) is 1. The van der Waals surface area contributed by atoms with E-state index in [0.29, 0.717) is 27.7 Å². The lowest BCUT2D eigenvalue weighted by molar-refractivity contribution is -0.107. The van der Waals surface area contributed by atoms with E-state index in [4.69, 9.17) is 49.5 Å². The standard InChI is InChI=1S/C15H21BO4.C9H11BO4.C8H9BO4.C6H14O2/c1-10-7-8-11(13(17)18-6)9-12(10)16-19-14(2,3)15(4,5)20-16;1-6-3-4-7(9(11)14-2)5-8(6)10(12)13;1-5-2-3-6(8(10)11)4-7(5)9(12)13;1-5(2,7)6(3,4)8/h7-9H,1-6H3;3-5,12-13H,1-2H3;2-4,12-13H,1H3,(H,10,11);7-8H,1-4H3. The van der Waals surface area contributed by atoms with Gasteiger partial charge in [0.05, 0.1) is 53.3 Å². The van der Waals surface area contributed by atoms with Crippen LogP contribution in [-0.4, -0.2) is 111 Å². The molecule has 0 aromatic heterocycles. The highest BCUT2D eigenvalue weighted by Crippen LogP contribution is 2.36. The lowest BCUT2D eigenvalue weighted by Gasteiger charge is -2.32. The number of aliphatic hydroxyl groups is 2. The number of hydrogen-bond acceptors (Lipinski definition) is 13. The second-order valence-corrected chi connectivity index (χ2v) is 15.0. The van der Waals surface area contributed by atoms with E-state index in [-0.39, 0.29) is 17.0 Å². The normalized spacial score (nSPS) is 14.1. The van der Waals surface area contributed by atoms with Gasteiger partial charge in [0.15, 0.2) is 0 Å². The van der Waals surface area contributed by atoms with E-state index < -0.39 is 55.7 Å². The van der Waals surface area contributed by atoms with Crippen LogP contribution in [-0.2, 0) is 18.8 Å². The number of aryl methyl sites for hydroxylation is 3. The number of carbonyl (C=O) groups excluding carboxylic acids is 2. The van der Waals surface area contributed by atoms with Gasteiger partial charge < -0.3 is 54.2 Å². The fourth-order valence-corrected chi connectivity index (χ4v) is 4.32. The molecule has 4 rings (SSSR count). The molecule has 0 radical (unpaired) electrons. The molecular formula is C38H55B3O14. The van der Waals surface area contributed by atoms with E-state index >= 15 is 0 Å². The molecule has 7 N–H and O–H groups in total. The van der Waals surface area contributed by atoms with E-state index in [1.165, 1.54) is 38.5 Å². The Balaban J connectivity index is 0.000000385. The Morgan fingerprint density at radius 1 is 0.618 bits per heavy atom. The van der Waals surface area contributed by atoms with Crippen LogP contribution >= 0.6 is 0 Å². The number of aromatic carboxylic acids is 1. The highest BCUT2D eigenvalue weighted by atomic mass is 16.7. The first-order valence-corrected chi connectivity index (χ1v) is 17.3. The molecule has 0 atom stereocenters. The number of benzene rings is 3. The Morgan fingerprint density at radius 2 is 0.945 bits per heavy atom. The molecule has 3 aromatic carbocycles. The Labute approximate surface area is 324 Å². The minimum atomic E-state index is -1.63. The molecule has 0 saturated carbocycles. The van der Waals surface area contributed by atoms with Crippen molar-refractivity contribution in [3.8, 4) is 0 Å². The molecule has 3 aromatic rings. The summed E-state index contributed by atoms with van der Waals surface area (Å²) >= 11 is 0. The smallest absolute Gasteiger partial charge is 0.478 e. The van der Waals surface area contributed by atoms with Crippen molar-refractivity contribution in [2.45, 2.75) is 98.6 Å². The molecule has 55 heavy (non-hydrogen) atoms. The lowest BCUT2D eigenvalue weighted by atomic mass is 9.75. The van der Waals surface area contributed by atoms with Gasteiger partial charge in [0.25, 0.3) is 0 Å². The second kappa shape index (κ2) is 19.7. The Bertz CT molecular complexity index is 1750. The van der Waals surface area contributed by atoms with Crippen molar-refractivity contribution in [3.63, 3.8) is 0 Å². The van der Waals surface area contributed by atoms with E-state index in [1.54, 1.807) is 65.8 Å². The minimum absolute atomic E-state index is 0.0497. The van der Waals surface area contributed by atoms with Gasteiger partial charge in [-0.1, -0.05) is 34.9 Å². The van der Waals surface area contributed by atoms with Crippen molar-refractivity contribution in [2.24, 2.45) is 0 Å². The third-order valence-electron chi connectivity index (χ3n) is 9.49. The lowest BCUT2D eigenvalue weighted by Crippen LogP contribution is -2.44. The fourth-order valence-electron chi connectivity index (χ4n) is 4.32. The predicted octanol–water partition coefficient (Wildman–Crippen LogP) is 1.44. The van der Waals surface area contributed by atoms with E-state index in [0.717, 1.165) is 11.0 Å². The van der Waals surface area contributed by atoms with Gasteiger partial charge in [-0.2, -0.15) is 0 Å². The van der Waals surface area contributed by atoms with Crippen LogP contribution in [0.3, 0.4) is 0 Å². The minimum Gasteiger partial charge on any atom is -0.478 e. The monoisotopic (exact) mass is 768 g/mol. The summed E-state index contributed by atoms with van der Waals surface area (Å²) in [7, 11) is -1.02. The van der Waals surface area contributed by atoms with Gasteiger partial charge in [0.1, 0.15) is 0 Å². The maximum Gasteiger partial charge on any atom is 0.495 e. The van der Waals surface area contributed by atoms with Gasteiger partial charge in [-0.3, -0.25) is 0 Å². The molecule has 1 heterocycles. The molecule has 0 bridgehead atoms. The number of esters is 2. The van der Waals surface area contributed by atoms with Crippen molar-refractivity contribution >= 4 is 55.7 Å². The second-order valence-electron chi connectivity index (χ2n) is 15.0. The van der Waals surface area contributed by atoms with Crippen molar-refractivity contribution in [1.29, 1.82) is 0 Å². The van der Waals surface area contributed by atoms with Crippen LogP contribution in [0.1, 0.15) is 103 Å². The molecule has 0 unspecified atom stereocenters. The first-order valence-electron chi connectivity index (χ1n) is 17.3. The quantitative estimate of drug-likeness (QED) is 0.133. The summed E-state index contributed by atoms with van der Waals surface area (Å²) in [5, 5.41) is 62.5. The molecular weight excluding hydrogens is 713 g/mol. The molecule has 1 aliphatic heterocycles. The van der Waals surface area contributed by atoms with Crippen molar-refractivity contribution in [3.05, 3.63) is 88.0 Å². The summed E-state index contributed by atoms with van der Waals surface area (Å²) in [6.45, 7) is 19.7. The number of rotatable bonds is 7. The van der Waals surface area contributed by atoms with Gasteiger partial charge in [-0.15, -0.1) is 0 Å². The zero-order valence-corrected chi connectivity index (χ0v) is 33.9. The number of methoxy groups -OCH3 is 2. The average Bonchev–Trinajstić information content (AvgIpc) is 3.29. The van der Waals surface area contributed by atoms with Crippen LogP contribution in [0.2, 0.25) is 0 Å². The fraction of sp³-hybridized carbons (Fsp3) is 0.447. The summed E-state index contributed by atoms with van der Waals surface area (Å²) in [4.78, 5) is 33.3. The number of carboxylic acids is 1. The number of ether oxygens (including phenoxy) is 2. The Kier molecular flexibility index (Phi) is 17.5. The van der Waals surface area contributed by atoms with Gasteiger partial charge in [0.2, 0.25) is 0 Å². The molecule has 17 heteroatoms. The first-order chi connectivity index (χ1) is 25.0. The summed E-state index contributed by atoms with van der Waals surface area (Å²) in [5.41, 5.74) is 1.84. The summed E-state index contributed by atoms with van der Waals surface area (Å²) < 4.78 is 21.3. The Morgan fingerprint density at radius 3 is 1.27 bits per heavy atom. The zero-order chi connectivity index (χ0) is 42.9. The van der Waals surface area contributed by atoms with Gasteiger partial charge >= 0.3 is 39.3 Å². The van der Waals surface area contributed by atoms with E-state index in [9.17, 15) is 14.4 Å². The van der Waals surface area contributed by atoms with Crippen LogP contribution in [0.4, 0.5) is 0 Å². The summed E-state index contributed by atoms with van der Waals surface area (Å²) in [5.74, 6) is -1.93. The van der Waals surface area contributed by atoms with Crippen LogP contribution < -0.4 is 16.4 Å². The first kappa shape index (κ1) is 49.0. The Hall–Kier alpha value is -4.06. The van der Waals surface area contributed by atoms with Gasteiger partial charge in [-0.05, 0) is 129 Å². The predicted molar refractivity (Wildman–Crippen MR) is 211 cm³/mol. The highest BCUT2D eigenvalue weighted by Gasteiger charge is 2.52. The van der Waals surface area contributed by atoms with Crippen LogP contribution in [0.15, 0.2) is 54.6 Å². The van der Waals surface area contributed by atoms with Crippen LogP contribution in [0.25, 0.3) is 0 Å². The largest absolute Gasteiger partial charge is 0.495 e. The van der Waals surface area contributed by atoms with Crippen molar-refractivity contribution in [1.82, 2.24) is 0 Å². The molecule has 300 valence electrons.